The van der Waals surface area contributed by atoms with Crippen molar-refractivity contribution in [1.82, 2.24) is 4.90 Å². The number of hydrogen-bond donors (Lipinski definition) is 0. The largest absolute Gasteiger partial charge is 0.411 e. The van der Waals surface area contributed by atoms with Crippen molar-refractivity contribution in [3.05, 3.63) is 0 Å². The van der Waals surface area contributed by atoms with Crippen molar-refractivity contribution in [2.45, 2.75) is 33.0 Å². The van der Waals surface area contributed by atoms with Crippen molar-refractivity contribution in [3.63, 3.8) is 0 Å². The van der Waals surface area contributed by atoms with Gasteiger partial charge in [0.25, 0.3) is 0 Å². The average Bonchev–Trinajstić information content (AvgIpc) is 2.61. The molecule has 100 valence electrons. The van der Waals surface area contributed by atoms with E-state index in [4.69, 9.17) is 4.74 Å². The summed E-state index contributed by atoms with van der Waals surface area (Å²) in [4.78, 5) is 2.39. The molecule has 3 atom stereocenters. The summed E-state index contributed by atoms with van der Waals surface area (Å²) in [5.74, 6) is 1.05. The average molecular weight is 251 g/mol. The fourth-order valence-electron chi connectivity index (χ4n) is 3.04. The maximum Gasteiger partial charge on any atom is 0.411 e. The molecule has 1 heterocycles. The number of fused-ring (bicyclic) bond motifs is 1. The number of ether oxygens (including phenoxy) is 1. The zero-order valence-electron chi connectivity index (χ0n) is 10.5. The van der Waals surface area contributed by atoms with Crippen LogP contribution in [-0.2, 0) is 4.74 Å². The highest BCUT2D eigenvalue weighted by Crippen LogP contribution is 2.62. The first-order chi connectivity index (χ1) is 7.74. The van der Waals surface area contributed by atoms with E-state index >= 15 is 0 Å². The van der Waals surface area contributed by atoms with Crippen molar-refractivity contribution in [2.24, 2.45) is 17.3 Å². The first-order valence-electron chi connectivity index (χ1n) is 6.12. The first-order valence-corrected chi connectivity index (χ1v) is 6.12. The molecule has 0 aromatic rings. The van der Waals surface area contributed by atoms with Crippen molar-refractivity contribution in [3.8, 4) is 0 Å². The lowest BCUT2D eigenvalue weighted by Gasteiger charge is -2.27. The van der Waals surface area contributed by atoms with Crippen LogP contribution in [0.2, 0.25) is 0 Å². The third-order valence-electron chi connectivity index (χ3n) is 4.34. The maximum absolute atomic E-state index is 12.0. The zero-order chi connectivity index (χ0) is 12.8. The van der Waals surface area contributed by atoms with Crippen LogP contribution in [0.25, 0.3) is 0 Å². The quantitative estimate of drug-likeness (QED) is 0.761. The van der Waals surface area contributed by atoms with Crippen LogP contribution in [-0.4, -0.2) is 43.4 Å². The van der Waals surface area contributed by atoms with E-state index in [0.717, 1.165) is 13.1 Å². The number of halogens is 3. The molecule has 2 aliphatic rings. The smallest absolute Gasteiger partial charge is 0.371 e. The summed E-state index contributed by atoms with van der Waals surface area (Å²) in [6.45, 7) is 7.51. The third kappa shape index (κ3) is 2.60. The third-order valence-corrected chi connectivity index (χ3v) is 4.34. The van der Waals surface area contributed by atoms with Gasteiger partial charge in [-0.2, -0.15) is 13.2 Å². The molecule has 2 fully saturated rings. The molecule has 17 heavy (non-hydrogen) atoms. The normalized spacial score (nSPS) is 37.6. The lowest BCUT2D eigenvalue weighted by atomic mass is 10.0. The van der Waals surface area contributed by atoms with Crippen LogP contribution >= 0.6 is 0 Å². The van der Waals surface area contributed by atoms with E-state index in [2.05, 4.69) is 25.7 Å². The highest BCUT2D eigenvalue weighted by atomic mass is 19.4. The summed E-state index contributed by atoms with van der Waals surface area (Å²) >= 11 is 0. The van der Waals surface area contributed by atoms with Gasteiger partial charge in [0.1, 0.15) is 6.61 Å². The SMILES string of the molecule is CC(C)N1C[C@@H]2[C@H](C1)[C@@]2(C)COCC(F)(F)F. The molecule has 1 saturated carbocycles. The van der Waals surface area contributed by atoms with Crippen molar-refractivity contribution >= 4 is 0 Å². The first kappa shape index (κ1) is 13.1. The van der Waals surface area contributed by atoms with Crippen LogP contribution < -0.4 is 0 Å². The van der Waals surface area contributed by atoms with E-state index in [9.17, 15) is 13.2 Å². The Balaban J connectivity index is 1.75. The predicted octanol–water partition coefficient (Wildman–Crippen LogP) is 2.54. The van der Waals surface area contributed by atoms with E-state index in [0.29, 0.717) is 17.9 Å². The Kier molecular flexibility index (Phi) is 3.19. The lowest BCUT2D eigenvalue weighted by Crippen LogP contribution is -2.34. The second-order valence-electron chi connectivity index (χ2n) is 5.87. The van der Waals surface area contributed by atoms with Crippen LogP contribution in [0.1, 0.15) is 20.8 Å². The molecule has 1 aliphatic carbocycles. The fourth-order valence-corrected chi connectivity index (χ4v) is 3.04. The van der Waals surface area contributed by atoms with Gasteiger partial charge in [0, 0.05) is 19.1 Å². The van der Waals surface area contributed by atoms with Gasteiger partial charge in [-0.15, -0.1) is 0 Å². The summed E-state index contributed by atoms with van der Waals surface area (Å²) in [5.41, 5.74) is -0.0172. The molecule has 0 N–H and O–H groups in total. The second kappa shape index (κ2) is 4.12. The van der Waals surface area contributed by atoms with Gasteiger partial charge in [-0.1, -0.05) is 6.92 Å². The van der Waals surface area contributed by atoms with Crippen LogP contribution in [0, 0.1) is 17.3 Å². The van der Waals surface area contributed by atoms with E-state index in [-0.39, 0.29) is 12.0 Å². The lowest BCUT2D eigenvalue weighted by molar-refractivity contribution is -0.178. The van der Waals surface area contributed by atoms with Gasteiger partial charge in [0.2, 0.25) is 0 Å². The van der Waals surface area contributed by atoms with Crippen molar-refractivity contribution in [2.75, 3.05) is 26.3 Å². The van der Waals surface area contributed by atoms with E-state index in [1.165, 1.54) is 0 Å². The number of alkyl halides is 3. The molecule has 0 bridgehead atoms. The molecule has 1 saturated heterocycles. The van der Waals surface area contributed by atoms with Gasteiger partial charge in [-0.25, -0.2) is 0 Å². The molecule has 0 unspecified atom stereocenters. The topological polar surface area (TPSA) is 12.5 Å². The van der Waals surface area contributed by atoms with Crippen molar-refractivity contribution in [1.29, 1.82) is 0 Å². The summed E-state index contributed by atoms with van der Waals surface area (Å²) in [5, 5.41) is 0. The summed E-state index contributed by atoms with van der Waals surface area (Å²) in [7, 11) is 0. The summed E-state index contributed by atoms with van der Waals surface area (Å²) in [6, 6.07) is 0.531. The van der Waals surface area contributed by atoms with Crippen molar-refractivity contribution < 1.29 is 17.9 Å². The summed E-state index contributed by atoms with van der Waals surface area (Å²) < 4.78 is 40.7. The Morgan fingerprint density at radius 1 is 1.29 bits per heavy atom. The van der Waals surface area contributed by atoms with Gasteiger partial charge in [-0.3, -0.25) is 0 Å². The molecule has 2 nitrogen and oxygen atoms in total. The number of likely N-dealkylation sites (tertiary alicyclic amines) is 1. The van der Waals surface area contributed by atoms with Gasteiger partial charge in [-0.05, 0) is 31.1 Å². The molecule has 0 aromatic heterocycles. The molecule has 0 aromatic carbocycles. The minimum atomic E-state index is -4.20. The molecule has 2 rings (SSSR count). The Morgan fingerprint density at radius 3 is 2.24 bits per heavy atom. The van der Waals surface area contributed by atoms with Crippen LogP contribution in [0.4, 0.5) is 13.2 Å². The van der Waals surface area contributed by atoms with Gasteiger partial charge >= 0.3 is 6.18 Å². The van der Waals surface area contributed by atoms with Gasteiger partial charge < -0.3 is 9.64 Å². The molecular weight excluding hydrogens is 231 g/mol. The Labute approximate surface area is 100 Å². The Morgan fingerprint density at radius 2 is 1.82 bits per heavy atom. The minimum Gasteiger partial charge on any atom is -0.371 e. The predicted molar refractivity (Wildman–Crippen MR) is 58.7 cm³/mol. The minimum absolute atomic E-state index is 0.0172. The second-order valence-corrected chi connectivity index (χ2v) is 5.87. The highest BCUT2D eigenvalue weighted by molar-refractivity contribution is 5.14. The molecule has 0 radical (unpaired) electrons. The molecule has 1 aliphatic heterocycles. The monoisotopic (exact) mass is 251 g/mol. The number of nitrogens with zero attached hydrogens (tertiary/aromatic N) is 1. The molecular formula is C12H20F3NO. The summed E-state index contributed by atoms with van der Waals surface area (Å²) in [6.07, 6.45) is -4.20. The molecule has 0 amide bonds. The zero-order valence-corrected chi connectivity index (χ0v) is 10.5. The molecule has 0 spiro atoms. The van der Waals surface area contributed by atoms with E-state index in [1.807, 2.05) is 0 Å². The van der Waals surface area contributed by atoms with Gasteiger partial charge in [0.05, 0.1) is 6.61 Å². The number of hydrogen-bond acceptors (Lipinski definition) is 2. The van der Waals surface area contributed by atoms with Gasteiger partial charge in [0.15, 0.2) is 0 Å². The molecule has 5 heteroatoms. The maximum atomic E-state index is 12.0. The highest BCUT2D eigenvalue weighted by Gasteiger charge is 2.65. The Bertz CT molecular complexity index is 278. The van der Waals surface area contributed by atoms with E-state index < -0.39 is 12.8 Å². The van der Waals surface area contributed by atoms with Crippen LogP contribution in [0.3, 0.4) is 0 Å². The number of rotatable bonds is 4. The van der Waals surface area contributed by atoms with E-state index in [1.54, 1.807) is 0 Å². The van der Waals surface area contributed by atoms with Crippen LogP contribution in [0.15, 0.2) is 0 Å². The fraction of sp³-hybridized carbons (Fsp3) is 1.00. The number of piperidine rings is 1. The standard InChI is InChI=1S/C12H20F3NO/c1-8(2)16-4-9-10(5-16)11(9,3)6-17-7-12(13,14)15/h8-10H,4-7H2,1-3H3/t9-,10+,11+. The van der Waals surface area contributed by atoms with Crippen LogP contribution in [0.5, 0.6) is 0 Å². The Hall–Kier alpha value is -0.290.